The minimum Gasteiger partial charge on any atom is -0.453 e. The summed E-state index contributed by atoms with van der Waals surface area (Å²) in [6.07, 6.45) is 1.15. The molecule has 3 heteroatoms. The summed E-state index contributed by atoms with van der Waals surface area (Å²) in [6.45, 7) is 0. The number of hydrogen-bond donors (Lipinski definition) is 0. The van der Waals surface area contributed by atoms with Gasteiger partial charge < -0.3 is 4.42 Å². The lowest BCUT2D eigenvalue weighted by molar-refractivity contribution is 0.426. The zero-order valence-electron chi connectivity index (χ0n) is 4.40. The van der Waals surface area contributed by atoms with Gasteiger partial charge in [0.1, 0.15) is 5.76 Å². The maximum absolute atomic E-state index is 11.4. The number of halogens is 2. The van der Waals surface area contributed by atoms with Crippen LogP contribution in [0.4, 0.5) is 8.78 Å². The quantitative estimate of drug-likeness (QED) is 0.567. The van der Waals surface area contributed by atoms with Crippen molar-refractivity contribution in [2.45, 2.75) is 0 Å². The third-order valence-electron chi connectivity index (χ3n) is 0.744. The molecule has 0 saturated carbocycles. The first-order valence-corrected chi connectivity index (χ1v) is 2.27. The second-order valence-electron chi connectivity index (χ2n) is 1.39. The van der Waals surface area contributed by atoms with Crippen molar-refractivity contribution in [1.29, 1.82) is 0 Å². The van der Waals surface area contributed by atoms with Crippen LogP contribution in [-0.2, 0) is 0 Å². The Kier molecular flexibility index (Phi) is 1.63. The molecule has 9 heavy (non-hydrogen) atoms. The van der Waals surface area contributed by atoms with Crippen molar-refractivity contribution >= 4 is 6.08 Å². The summed E-state index contributed by atoms with van der Waals surface area (Å²) in [5.41, 5.74) is 0. The van der Waals surface area contributed by atoms with E-state index >= 15 is 0 Å². The molecule has 0 amide bonds. The van der Waals surface area contributed by atoms with E-state index in [-0.39, 0.29) is 5.76 Å². The van der Waals surface area contributed by atoms with Crippen LogP contribution in [0.2, 0.25) is 0 Å². The summed E-state index contributed by atoms with van der Waals surface area (Å²) in [6, 6.07) is 2.83. The van der Waals surface area contributed by atoms with E-state index < -0.39 is 6.08 Å². The van der Waals surface area contributed by atoms with Gasteiger partial charge in [-0.15, -0.1) is 0 Å². The predicted octanol–water partition coefficient (Wildman–Crippen LogP) is 2.32. The maximum Gasteiger partial charge on any atom is 0.274 e. The summed E-state index contributed by atoms with van der Waals surface area (Å²) >= 11 is 0. The molecule has 1 radical (unpaired) electrons. The fourth-order valence-corrected chi connectivity index (χ4v) is 0.437. The van der Waals surface area contributed by atoms with Gasteiger partial charge in [-0.3, -0.25) is 0 Å². The van der Waals surface area contributed by atoms with E-state index in [9.17, 15) is 8.78 Å². The molecule has 0 N–H and O–H groups in total. The Morgan fingerprint density at radius 3 is 2.89 bits per heavy atom. The van der Waals surface area contributed by atoms with Gasteiger partial charge in [0, 0.05) is 6.08 Å². The predicted molar refractivity (Wildman–Crippen MR) is 27.7 cm³/mol. The van der Waals surface area contributed by atoms with Crippen LogP contribution >= 0.6 is 0 Å². The van der Waals surface area contributed by atoms with Gasteiger partial charge in [-0.2, -0.15) is 8.78 Å². The van der Waals surface area contributed by atoms with E-state index in [0.717, 1.165) is 0 Å². The normalized spacial score (nSPS) is 9.11. The van der Waals surface area contributed by atoms with Gasteiger partial charge in [0.2, 0.25) is 0 Å². The SMILES string of the molecule is FC(F)=Cc1cc[c]o1. The molecule has 1 rings (SSSR count). The van der Waals surface area contributed by atoms with Crippen molar-refractivity contribution < 1.29 is 13.2 Å². The summed E-state index contributed by atoms with van der Waals surface area (Å²) in [7, 11) is 0. The first-order valence-electron chi connectivity index (χ1n) is 2.27. The average molecular weight is 129 g/mol. The van der Waals surface area contributed by atoms with Crippen molar-refractivity contribution in [2.24, 2.45) is 0 Å². The Labute approximate surface area is 50.6 Å². The Balaban J connectivity index is 2.80. The van der Waals surface area contributed by atoms with E-state index in [1.165, 1.54) is 12.1 Å². The minimum absolute atomic E-state index is 0.120. The second-order valence-corrected chi connectivity index (χ2v) is 1.39. The molecule has 1 aromatic heterocycles. The zero-order valence-corrected chi connectivity index (χ0v) is 4.40. The van der Waals surface area contributed by atoms with E-state index in [2.05, 4.69) is 10.7 Å². The lowest BCUT2D eigenvalue weighted by Crippen LogP contribution is -1.59. The minimum atomic E-state index is -1.77. The smallest absolute Gasteiger partial charge is 0.274 e. The van der Waals surface area contributed by atoms with Crippen LogP contribution < -0.4 is 0 Å². The van der Waals surface area contributed by atoms with Crippen molar-refractivity contribution in [3.63, 3.8) is 0 Å². The number of furan rings is 1. The molecule has 0 atom stereocenters. The Morgan fingerprint density at radius 2 is 2.44 bits per heavy atom. The molecule has 0 aromatic carbocycles. The highest BCUT2D eigenvalue weighted by molar-refractivity contribution is 5.42. The standard InChI is InChI=1S/C6H3F2O/c7-6(8)4-5-2-1-3-9-5/h1-2,4H. The van der Waals surface area contributed by atoms with Crippen molar-refractivity contribution in [3.05, 3.63) is 30.2 Å². The molecule has 1 nitrogen and oxygen atoms in total. The van der Waals surface area contributed by atoms with Gasteiger partial charge in [-0.1, -0.05) is 0 Å². The van der Waals surface area contributed by atoms with Crippen LogP contribution in [0.5, 0.6) is 0 Å². The first kappa shape index (κ1) is 6.01. The molecule has 47 valence electrons. The molecule has 1 aromatic rings. The molecule has 0 saturated heterocycles. The number of rotatable bonds is 1. The molecule has 0 unspecified atom stereocenters. The van der Waals surface area contributed by atoms with Crippen LogP contribution in [0.3, 0.4) is 0 Å². The Morgan fingerprint density at radius 1 is 1.67 bits per heavy atom. The molecular weight excluding hydrogens is 126 g/mol. The molecule has 0 aliphatic rings. The van der Waals surface area contributed by atoms with Crippen molar-refractivity contribution in [1.82, 2.24) is 0 Å². The Hall–Kier alpha value is -1.12. The molecule has 0 spiro atoms. The largest absolute Gasteiger partial charge is 0.453 e. The summed E-state index contributed by atoms with van der Waals surface area (Å²) < 4.78 is 27.2. The number of hydrogen-bond acceptors (Lipinski definition) is 1. The van der Waals surface area contributed by atoms with Crippen LogP contribution in [0, 0.1) is 6.26 Å². The highest BCUT2D eigenvalue weighted by Crippen LogP contribution is 2.07. The fraction of sp³-hybridized carbons (Fsp3) is 0. The van der Waals surface area contributed by atoms with E-state index in [1.54, 1.807) is 0 Å². The van der Waals surface area contributed by atoms with Crippen LogP contribution in [0.15, 0.2) is 22.6 Å². The first-order chi connectivity index (χ1) is 4.29. The van der Waals surface area contributed by atoms with Gasteiger partial charge in [-0.05, 0) is 12.1 Å². The maximum atomic E-state index is 11.4. The molecular formula is C6H3F2O. The highest BCUT2D eigenvalue weighted by Gasteiger charge is 1.92. The lowest BCUT2D eigenvalue weighted by atomic mass is 10.4. The average Bonchev–Trinajstić information content (AvgIpc) is 2.15. The van der Waals surface area contributed by atoms with Crippen molar-refractivity contribution in [2.75, 3.05) is 0 Å². The third kappa shape index (κ3) is 1.68. The van der Waals surface area contributed by atoms with E-state index in [0.29, 0.717) is 6.08 Å². The molecule has 0 bridgehead atoms. The van der Waals surface area contributed by atoms with Gasteiger partial charge in [0.05, 0.1) is 0 Å². The van der Waals surface area contributed by atoms with E-state index in [4.69, 9.17) is 0 Å². The topological polar surface area (TPSA) is 13.1 Å². The fourth-order valence-electron chi connectivity index (χ4n) is 0.437. The monoisotopic (exact) mass is 129 g/mol. The van der Waals surface area contributed by atoms with Crippen molar-refractivity contribution in [3.8, 4) is 0 Å². The van der Waals surface area contributed by atoms with E-state index in [1.807, 2.05) is 0 Å². The lowest BCUT2D eigenvalue weighted by Gasteiger charge is -1.77. The van der Waals surface area contributed by atoms with Gasteiger partial charge in [0.15, 0.2) is 6.26 Å². The third-order valence-corrected chi connectivity index (χ3v) is 0.744. The van der Waals surface area contributed by atoms with Crippen LogP contribution in [-0.4, -0.2) is 0 Å². The molecule has 1 heterocycles. The summed E-state index contributed by atoms with van der Waals surface area (Å²) in [5, 5.41) is 0. The van der Waals surface area contributed by atoms with Gasteiger partial charge >= 0.3 is 0 Å². The zero-order chi connectivity index (χ0) is 6.69. The van der Waals surface area contributed by atoms with Crippen LogP contribution in [0.1, 0.15) is 5.76 Å². The van der Waals surface area contributed by atoms with Gasteiger partial charge in [0.25, 0.3) is 6.08 Å². The highest BCUT2D eigenvalue weighted by atomic mass is 19.3. The molecule has 0 aliphatic carbocycles. The molecule has 0 fully saturated rings. The van der Waals surface area contributed by atoms with Gasteiger partial charge in [-0.25, -0.2) is 0 Å². The summed E-state index contributed by atoms with van der Waals surface area (Å²) in [5.74, 6) is 0.120. The Bertz CT molecular complexity index is 197. The molecule has 0 aliphatic heterocycles. The summed E-state index contributed by atoms with van der Waals surface area (Å²) in [4.78, 5) is 0. The van der Waals surface area contributed by atoms with Crippen LogP contribution in [0.25, 0.3) is 6.08 Å². The second kappa shape index (κ2) is 2.44.